The zero-order valence-electron chi connectivity index (χ0n) is 10.0. The summed E-state index contributed by atoms with van der Waals surface area (Å²) in [5.74, 6) is 0.750. The third-order valence-electron chi connectivity index (χ3n) is 2.47. The van der Waals surface area contributed by atoms with Gasteiger partial charge in [0.1, 0.15) is 5.75 Å². The largest absolute Gasteiger partial charge is 0.497 e. The van der Waals surface area contributed by atoms with Crippen LogP contribution in [0, 0.1) is 6.92 Å². The molecule has 0 fully saturated rings. The Morgan fingerprint density at radius 3 is 2.59 bits per heavy atom. The SMILES string of the molecule is COc1cc(N)cc(Nc2cccc(C)c2)c1. The first-order valence-electron chi connectivity index (χ1n) is 5.45. The minimum Gasteiger partial charge on any atom is -0.497 e. The third-order valence-corrected chi connectivity index (χ3v) is 2.47. The molecule has 0 saturated heterocycles. The Hall–Kier alpha value is -2.16. The van der Waals surface area contributed by atoms with E-state index >= 15 is 0 Å². The van der Waals surface area contributed by atoms with E-state index in [2.05, 4.69) is 24.4 Å². The fraction of sp³-hybridized carbons (Fsp3) is 0.143. The molecule has 88 valence electrons. The van der Waals surface area contributed by atoms with E-state index in [-0.39, 0.29) is 0 Å². The van der Waals surface area contributed by atoms with Crippen LogP contribution in [0.5, 0.6) is 5.75 Å². The molecule has 17 heavy (non-hydrogen) atoms. The maximum absolute atomic E-state index is 5.80. The van der Waals surface area contributed by atoms with E-state index in [1.165, 1.54) is 5.56 Å². The van der Waals surface area contributed by atoms with Crippen molar-refractivity contribution in [1.29, 1.82) is 0 Å². The number of hydrogen-bond donors (Lipinski definition) is 2. The lowest BCUT2D eigenvalue weighted by molar-refractivity contribution is 0.415. The normalized spacial score (nSPS) is 10.0. The highest BCUT2D eigenvalue weighted by Crippen LogP contribution is 2.25. The topological polar surface area (TPSA) is 47.3 Å². The molecule has 2 aromatic carbocycles. The Morgan fingerprint density at radius 1 is 1.06 bits per heavy atom. The number of rotatable bonds is 3. The Balaban J connectivity index is 2.26. The second-order valence-corrected chi connectivity index (χ2v) is 3.99. The van der Waals surface area contributed by atoms with E-state index in [4.69, 9.17) is 10.5 Å². The molecule has 0 aromatic heterocycles. The predicted molar refractivity (Wildman–Crippen MR) is 71.9 cm³/mol. The van der Waals surface area contributed by atoms with Crippen LogP contribution in [0.25, 0.3) is 0 Å². The minimum atomic E-state index is 0.680. The van der Waals surface area contributed by atoms with Gasteiger partial charge in [-0.2, -0.15) is 0 Å². The van der Waals surface area contributed by atoms with Crippen LogP contribution >= 0.6 is 0 Å². The first-order chi connectivity index (χ1) is 8.17. The minimum absolute atomic E-state index is 0.680. The van der Waals surface area contributed by atoms with Crippen molar-refractivity contribution >= 4 is 17.1 Å². The molecule has 3 N–H and O–H groups in total. The molecule has 2 aromatic rings. The Morgan fingerprint density at radius 2 is 1.88 bits per heavy atom. The molecule has 3 heteroatoms. The lowest BCUT2D eigenvalue weighted by Gasteiger charge is -2.10. The van der Waals surface area contributed by atoms with Crippen LogP contribution in [0.3, 0.4) is 0 Å². The van der Waals surface area contributed by atoms with Gasteiger partial charge in [0.25, 0.3) is 0 Å². The van der Waals surface area contributed by atoms with E-state index in [1.807, 2.05) is 24.3 Å². The second-order valence-electron chi connectivity index (χ2n) is 3.99. The summed E-state index contributed by atoms with van der Waals surface area (Å²) in [6.45, 7) is 2.06. The molecule has 0 heterocycles. The quantitative estimate of drug-likeness (QED) is 0.792. The van der Waals surface area contributed by atoms with E-state index in [9.17, 15) is 0 Å². The molecule has 0 radical (unpaired) electrons. The van der Waals surface area contributed by atoms with E-state index < -0.39 is 0 Å². The number of anilines is 3. The van der Waals surface area contributed by atoms with Crippen LogP contribution in [-0.2, 0) is 0 Å². The molecule has 3 nitrogen and oxygen atoms in total. The number of methoxy groups -OCH3 is 1. The monoisotopic (exact) mass is 228 g/mol. The molecule has 0 aliphatic carbocycles. The van der Waals surface area contributed by atoms with Gasteiger partial charge in [-0.15, -0.1) is 0 Å². The lowest BCUT2D eigenvalue weighted by Crippen LogP contribution is -1.94. The maximum atomic E-state index is 5.80. The van der Waals surface area contributed by atoms with Gasteiger partial charge >= 0.3 is 0 Å². The van der Waals surface area contributed by atoms with E-state index in [1.54, 1.807) is 13.2 Å². The molecule has 0 aliphatic heterocycles. The van der Waals surface area contributed by atoms with Crippen molar-refractivity contribution in [3.05, 3.63) is 48.0 Å². The highest BCUT2D eigenvalue weighted by Gasteiger charge is 2.00. The van der Waals surface area contributed by atoms with Crippen LogP contribution in [0.4, 0.5) is 17.1 Å². The molecular weight excluding hydrogens is 212 g/mol. The summed E-state index contributed by atoms with van der Waals surface area (Å²) in [7, 11) is 1.63. The van der Waals surface area contributed by atoms with Gasteiger partial charge in [-0.1, -0.05) is 12.1 Å². The van der Waals surface area contributed by atoms with Gasteiger partial charge < -0.3 is 15.8 Å². The zero-order valence-corrected chi connectivity index (χ0v) is 10.0. The first-order valence-corrected chi connectivity index (χ1v) is 5.45. The van der Waals surface area contributed by atoms with Crippen molar-refractivity contribution in [3.63, 3.8) is 0 Å². The molecule has 0 amide bonds. The molecule has 0 saturated carbocycles. The highest BCUT2D eigenvalue weighted by atomic mass is 16.5. The van der Waals surface area contributed by atoms with Gasteiger partial charge in [0.05, 0.1) is 7.11 Å². The fourth-order valence-electron chi connectivity index (χ4n) is 1.70. The van der Waals surface area contributed by atoms with Crippen LogP contribution in [0.2, 0.25) is 0 Å². The molecule has 0 unspecified atom stereocenters. The molecular formula is C14H16N2O. The van der Waals surface area contributed by atoms with E-state index in [0.29, 0.717) is 5.69 Å². The van der Waals surface area contributed by atoms with Crippen molar-refractivity contribution < 1.29 is 4.74 Å². The summed E-state index contributed by atoms with van der Waals surface area (Å²) >= 11 is 0. The van der Waals surface area contributed by atoms with Crippen LogP contribution in [-0.4, -0.2) is 7.11 Å². The average Bonchev–Trinajstić information content (AvgIpc) is 2.28. The summed E-state index contributed by atoms with van der Waals surface area (Å²) < 4.78 is 5.18. The first kappa shape index (κ1) is 11.3. The number of hydrogen-bond acceptors (Lipinski definition) is 3. The van der Waals surface area contributed by atoms with Crippen molar-refractivity contribution in [2.45, 2.75) is 6.92 Å². The summed E-state index contributed by atoms with van der Waals surface area (Å²) in [5, 5.41) is 3.30. The Kier molecular flexibility index (Phi) is 3.19. The van der Waals surface area contributed by atoms with Gasteiger partial charge in [0.2, 0.25) is 0 Å². The number of ether oxygens (including phenoxy) is 1. The van der Waals surface area contributed by atoms with E-state index in [0.717, 1.165) is 17.1 Å². The summed E-state index contributed by atoms with van der Waals surface area (Å²) in [6.07, 6.45) is 0. The number of nitrogens with one attached hydrogen (secondary N) is 1. The van der Waals surface area contributed by atoms with Crippen LogP contribution in [0.15, 0.2) is 42.5 Å². The van der Waals surface area contributed by atoms with Gasteiger partial charge in [0, 0.05) is 29.2 Å². The number of nitrogens with two attached hydrogens (primary N) is 1. The third kappa shape index (κ3) is 2.91. The maximum Gasteiger partial charge on any atom is 0.122 e. The number of benzene rings is 2. The zero-order chi connectivity index (χ0) is 12.3. The van der Waals surface area contributed by atoms with Crippen molar-refractivity contribution in [2.24, 2.45) is 0 Å². The van der Waals surface area contributed by atoms with Gasteiger partial charge in [-0.05, 0) is 30.7 Å². The van der Waals surface area contributed by atoms with Crippen molar-refractivity contribution in [1.82, 2.24) is 0 Å². The fourth-order valence-corrected chi connectivity index (χ4v) is 1.70. The highest BCUT2D eigenvalue weighted by molar-refractivity contribution is 5.66. The molecule has 2 rings (SSSR count). The Bertz CT molecular complexity index is 523. The standard InChI is InChI=1S/C14H16N2O/c1-10-4-3-5-12(6-10)16-13-7-11(15)8-14(9-13)17-2/h3-9,16H,15H2,1-2H3. The molecule has 0 atom stereocenters. The van der Waals surface area contributed by atoms with Gasteiger partial charge in [0.15, 0.2) is 0 Å². The van der Waals surface area contributed by atoms with Crippen molar-refractivity contribution in [3.8, 4) is 5.75 Å². The molecule has 0 bridgehead atoms. The van der Waals surface area contributed by atoms with Gasteiger partial charge in [-0.25, -0.2) is 0 Å². The summed E-state index contributed by atoms with van der Waals surface area (Å²) in [5.41, 5.74) is 9.66. The summed E-state index contributed by atoms with van der Waals surface area (Å²) in [6, 6.07) is 13.8. The number of aryl methyl sites for hydroxylation is 1. The van der Waals surface area contributed by atoms with Crippen LogP contribution in [0.1, 0.15) is 5.56 Å². The predicted octanol–water partition coefficient (Wildman–Crippen LogP) is 3.33. The molecule has 0 aliphatic rings. The second kappa shape index (κ2) is 4.78. The summed E-state index contributed by atoms with van der Waals surface area (Å²) in [4.78, 5) is 0. The average molecular weight is 228 g/mol. The number of nitrogen functional groups attached to an aromatic ring is 1. The molecule has 0 spiro atoms. The lowest BCUT2D eigenvalue weighted by atomic mass is 10.2. The Labute approximate surface area is 101 Å². The van der Waals surface area contributed by atoms with Crippen LogP contribution < -0.4 is 15.8 Å². The van der Waals surface area contributed by atoms with Gasteiger partial charge in [-0.3, -0.25) is 0 Å². The smallest absolute Gasteiger partial charge is 0.122 e. The van der Waals surface area contributed by atoms with Crippen molar-refractivity contribution in [2.75, 3.05) is 18.2 Å².